The third kappa shape index (κ3) is 4.94. The highest BCUT2D eigenvalue weighted by molar-refractivity contribution is 5.92. The quantitative estimate of drug-likeness (QED) is 0.596. The van der Waals surface area contributed by atoms with Crippen molar-refractivity contribution >= 4 is 11.7 Å². The summed E-state index contributed by atoms with van der Waals surface area (Å²) in [5.74, 6) is 0.447. The monoisotopic (exact) mass is 377 g/mol. The zero-order valence-electron chi connectivity index (χ0n) is 16.0. The van der Waals surface area contributed by atoms with Gasteiger partial charge in [-0.2, -0.15) is 0 Å². The van der Waals surface area contributed by atoms with E-state index in [-0.39, 0.29) is 11.9 Å². The molecule has 0 saturated carbocycles. The minimum absolute atomic E-state index is 0.0780. The average Bonchev–Trinajstić information content (AvgIpc) is 2.68. The highest BCUT2D eigenvalue weighted by Gasteiger charge is 2.14. The summed E-state index contributed by atoms with van der Waals surface area (Å²) in [5, 5.41) is 3.45. The number of carbonyl (C=O) groups is 1. The van der Waals surface area contributed by atoms with Gasteiger partial charge in [0.1, 0.15) is 11.6 Å². The molecule has 1 aromatic heterocycles. The minimum atomic E-state index is -0.492. The second-order valence-corrected chi connectivity index (χ2v) is 7.25. The topological polar surface area (TPSA) is 68.0 Å². The lowest BCUT2D eigenvalue weighted by molar-refractivity contribution is 0.1000. The number of primary amides is 1. The molecule has 28 heavy (non-hydrogen) atoms. The second-order valence-electron chi connectivity index (χ2n) is 7.25. The van der Waals surface area contributed by atoms with Crippen molar-refractivity contribution in [2.45, 2.75) is 26.3 Å². The number of nitrogens with one attached hydrogen (secondary N) is 1. The third-order valence-electron chi connectivity index (χ3n) is 4.57. The molecule has 0 aliphatic carbocycles. The standard InChI is InChI=1S/C23H24FN3O/c1-15(2)13-21(27-22-12-9-19(14-26-22)23(25)28)18-5-3-16(4-6-18)17-7-10-20(24)11-8-17/h3-12,14-15,21H,13H2,1-2H3,(H2,25,28)(H,26,27). The number of nitrogens with two attached hydrogens (primary N) is 1. The van der Waals surface area contributed by atoms with Gasteiger partial charge in [-0.3, -0.25) is 4.79 Å². The fraction of sp³-hybridized carbons (Fsp3) is 0.217. The predicted octanol–water partition coefficient (Wildman–Crippen LogP) is 5.19. The zero-order chi connectivity index (χ0) is 20.1. The van der Waals surface area contributed by atoms with E-state index in [0.717, 1.165) is 23.1 Å². The van der Waals surface area contributed by atoms with E-state index in [2.05, 4.69) is 36.3 Å². The van der Waals surface area contributed by atoms with E-state index in [1.165, 1.54) is 18.3 Å². The fourth-order valence-corrected chi connectivity index (χ4v) is 3.10. The van der Waals surface area contributed by atoms with E-state index in [9.17, 15) is 9.18 Å². The van der Waals surface area contributed by atoms with Crippen molar-refractivity contribution < 1.29 is 9.18 Å². The molecule has 144 valence electrons. The van der Waals surface area contributed by atoms with Crippen molar-refractivity contribution in [1.82, 2.24) is 4.98 Å². The minimum Gasteiger partial charge on any atom is -0.366 e. The van der Waals surface area contributed by atoms with Crippen LogP contribution in [0.1, 0.15) is 42.2 Å². The maximum absolute atomic E-state index is 13.1. The Morgan fingerprint density at radius 3 is 2.11 bits per heavy atom. The predicted molar refractivity (Wildman–Crippen MR) is 110 cm³/mol. The Kier molecular flexibility index (Phi) is 6.04. The van der Waals surface area contributed by atoms with Gasteiger partial charge in [-0.1, -0.05) is 50.2 Å². The summed E-state index contributed by atoms with van der Waals surface area (Å²) in [6.45, 7) is 4.34. The Morgan fingerprint density at radius 1 is 1.00 bits per heavy atom. The number of amides is 1. The zero-order valence-corrected chi connectivity index (χ0v) is 16.0. The SMILES string of the molecule is CC(C)CC(Nc1ccc(C(N)=O)cn1)c1ccc(-c2ccc(F)cc2)cc1. The number of pyridine rings is 1. The molecular weight excluding hydrogens is 353 g/mol. The lowest BCUT2D eigenvalue weighted by Gasteiger charge is -2.22. The van der Waals surface area contributed by atoms with Crippen molar-refractivity contribution in [1.29, 1.82) is 0 Å². The summed E-state index contributed by atoms with van der Waals surface area (Å²) in [4.78, 5) is 15.5. The van der Waals surface area contributed by atoms with Crippen LogP contribution in [0.2, 0.25) is 0 Å². The summed E-state index contributed by atoms with van der Waals surface area (Å²) >= 11 is 0. The molecule has 3 N–H and O–H groups in total. The Morgan fingerprint density at radius 2 is 1.61 bits per heavy atom. The van der Waals surface area contributed by atoms with Gasteiger partial charge < -0.3 is 11.1 Å². The van der Waals surface area contributed by atoms with E-state index < -0.39 is 5.91 Å². The van der Waals surface area contributed by atoms with E-state index in [1.54, 1.807) is 24.3 Å². The van der Waals surface area contributed by atoms with Crippen LogP contribution in [0.4, 0.5) is 10.2 Å². The number of benzene rings is 2. The van der Waals surface area contributed by atoms with E-state index in [4.69, 9.17) is 5.73 Å². The Labute approximate surface area is 164 Å². The molecule has 0 saturated heterocycles. The first-order chi connectivity index (χ1) is 13.4. The summed E-state index contributed by atoms with van der Waals surface area (Å²) in [5.41, 5.74) is 8.81. The smallest absolute Gasteiger partial charge is 0.250 e. The Hall–Kier alpha value is -3.21. The van der Waals surface area contributed by atoms with Crippen molar-refractivity contribution in [3.8, 4) is 11.1 Å². The lowest BCUT2D eigenvalue weighted by Crippen LogP contribution is -2.15. The van der Waals surface area contributed by atoms with Crippen LogP contribution >= 0.6 is 0 Å². The Balaban J connectivity index is 1.80. The number of halogens is 1. The largest absolute Gasteiger partial charge is 0.366 e. The fourth-order valence-electron chi connectivity index (χ4n) is 3.10. The highest BCUT2D eigenvalue weighted by Crippen LogP contribution is 2.28. The number of aromatic nitrogens is 1. The van der Waals surface area contributed by atoms with Gasteiger partial charge in [-0.05, 0) is 53.3 Å². The number of nitrogens with zero attached hydrogens (tertiary/aromatic N) is 1. The van der Waals surface area contributed by atoms with Gasteiger partial charge in [0.25, 0.3) is 0 Å². The lowest BCUT2D eigenvalue weighted by atomic mass is 9.95. The van der Waals surface area contributed by atoms with Crippen LogP contribution in [0.15, 0.2) is 66.9 Å². The van der Waals surface area contributed by atoms with Crippen LogP contribution in [0.25, 0.3) is 11.1 Å². The molecule has 2 aromatic carbocycles. The molecule has 0 bridgehead atoms. The van der Waals surface area contributed by atoms with Crippen LogP contribution in [-0.4, -0.2) is 10.9 Å². The summed E-state index contributed by atoms with van der Waals surface area (Å²) < 4.78 is 13.1. The maximum Gasteiger partial charge on any atom is 0.250 e. The molecule has 1 atom stereocenters. The number of hydrogen-bond donors (Lipinski definition) is 2. The molecule has 0 radical (unpaired) electrons. The van der Waals surface area contributed by atoms with Crippen LogP contribution in [0.5, 0.6) is 0 Å². The van der Waals surface area contributed by atoms with Gasteiger partial charge in [0.15, 0.2) is 0 Å². The molecule has 0 spiro atoms. The number of rotatable bonds is 7. The van der Waals surface area contributed by atoms with Gasteiger partial charge in [0.05, 0.1) is 11.6 Å². The van der Waals surface area contributed by atoms with Gasteiger partial charge >= 0.3 is 0 Å². The second kappa shape index (κ2) is 8.65. The highest BCUT2D eigenvalue weighted by atomic mass is 19.1. The first kappa shape index (κ1) is 19.5. The maximum atomic E-state index is 13.1. The van der Waals surface area contributed by atoms with Gasteiger partial charge in [-0.15, -0.1) is 0 Å². The van der Waals surface area contributed by atoms with Crippen LogP contribution < -0.4 is 11.1 Å². The number of anilines is 1. The molecule has 3 rings (SSSR count). The Bertz CT molecular complexity index is 920. The summed E-state index contributed by atoms with van der Waals surface area (Å²) in [7, 11) is 0. The molecule has 4 nitrogen and oxygen atoms in total. The molecule has 0 fully saturated rings. The first-order valence-corrected chi connectivity index (χ1v) is 9.30. The molecule has 1 heterocycles. The van der Waals surface area contributed by atoms with Crippen LogP contribution in [0, 0.1) is 11.7 Å². The summed E-state index contributed by atoms with van der Waals surface area (Å²) in [6, 6.07) is 18.2. The third-order valence-corrected chi connectivity index (χ3v) is 4.57. The molecular formula is C23H24FN3O. The molecule has 0 aliphatic heterocycles. The van der Waals surface area contributed by atoms with Gasteiger partial charge in [0, 0.05) is 6.20 Å². The van der Waals surface area contributed by atoms with Crippen molar-refractivity contribution in [2.75, 3.05) is 5.32 Å². The van der Waals surface area contributed by atoms with E-state index >= 15 is 0 Å². The van der Waals surface area contributed by atoms with E-state index in [1.807, 2.05) is 12.1 Å². The summed E-state index contributed by atoms with van der Waals surface area (Å²) in [6.07, 6.45) is 2.41. The normalized spacial score (nSPS) is 12.0. The van der Waals surface area contributed by atoms with Gasteiger partial charge in [0.2, 0.25) is 5.91 Å². The number of hydrogen-bond acceptors (Lipinski definition) is 3. The van der Waals surface area contributed by atoms with Crippen molar-refractivity contribution in [3.63, 3.8) is 0 Å². The number of carbonyl (C=O) groups excluding carboxylic acids is 1. The van der Waals surface area contributed by atoms with E-state index in [0.29, 0.717) is 17.3 Å². The van der Waals surface area contributed by atoms with Gasteiger partial charge in [-0.25, -0.2) is 9.37 Å². The van der Waals surface area contributed by atoms with Crippen LogP contribution in [0.3, 0.4) is 0 Å². The average molecular weight is 377 g/mol. The molecule has 3 aromatic rings. The first-order valence-electron chi connectivity index (χ1n) is 9.30. The molecule has 0 aliphatic rings. The van der Waals surface area contributed by atoms with Crippen molar-refractivity contribution in [3.05, 3.63) is 83.8 Å². The molecule has 1 amide bonds. The molecule has 1 unspecified atom stereocenters. The molecule has 5 heteroatoms. The van der Waals surface area contributed by atoms with Crippen molar-refractivity contribution in [2.24, 2.45) is 11.7 Å². The van der Waals surface area contributed by atoms with Crippen LogP contribution in [-0.2, 0) is 0 Å².